The van der Waals surface area contributed by atoms with Crippen molar-refractivity contribution in [3.8, 4) is 5.75 Å². The topological polar surface area (TPSA) is 29.5 Å². The van der Waals surface area contributed by atoms with Crippen molar-refractivity contribution in [3.63, 3.8) is 0 Å². The zero-order valence-corrected chi connectivity index (χ0v) is 10.7. The van der Waals surface area contributed by atoms with Crippen LogP contribution in [0.1, 0.15) is 24.2 Å². The van der Waals surface area contributed by atoms with Gasteiger partial charge in [-0.1, -0.05) is 12.1 Å². The van der Waals surface area contributed by atoms with Crippen LogP contribution in [0.25, 0.3) is 0 Å². The van der Waals surface area contributed by atoms with Crippen molar-refractivity contribution in [2.75, 3.05) is 0 Å². The van der Waals surface area contributed by atoms with E-state index in [-0.39, 0.29) is 23.5 Å². The normalized spacial score (nSPS) is 12.2. The molecule has 0 saturated heterocycles. The van der Waals surface area contributed by atoms with Crippen LogP contribution in [-0.4, -0.2) is 5.11 Å². The molecule has 0 radical (unpaired) electrons. The quantitative estimate of drug-likeness (QED) is 0.925. The molecule has 1 N–H and O–H groups in total. The molecule has 0 aromatic heterocycles. The third-order valence-electron chi connectivity index (χ3n) is 2.84. The van der Waals surface area contributed by atoms with Crippen molar-refractivity contribution >= 4 is 0 Å². The highest BCUT2D eigenvalue weighted by Crippen LogP contribution is 2.27. The third kappa shape index (κ3) is 3.11. The van der Waals surface area contributed by atoms with Gasteiger partial charge < -0.3 is 9.84 Å². The molecule has 2 aromatic rings. The van der Waals surface area contributed by atoms with Crippen LogP contribution in [0.5, 0.6) is 5.75 Å². The van der Waals surface area contributed by atoms with Gasteiger partial charge in [-0.3, -0.25) is 0 Å². The zero-order chi connectivity index (χ0) is 14.7. The molecule has 0 saturated carbocycles. The summed E-state index contributed by atoms with van der Waals surface area (Å²) in [6.45, 7) is 1.25. The van der Waals surface area contributed by atoms with Crippen molar-refractivity contribution in [3.05, 3.63) is 65.0 Å². The van der Waals surface area contributed by atoms with Crippen LogP contribution >= 0.6 is 0 Å². The maximum absolute atomic E-state index is 13.5. The van der Waals surface area contributed by atoms with Crippen molar-refractivity contribution < 1.29 is 23.0 Å². The molecule has 106 valence electrons. The zero-order valence-electron chi connectivity index (χ0n) is 10.7. The minimum atomic E-state index is -0.979. The van der Waals surface area contributed by atoms with E-state index >= 15 is 0 Å². The standard InChI is InChI=1S/C15H13F3O2/c1-9(19)12-7-11(16)5-6-14(12)20-8-10-3-2-4-13(17)15(10)18/h2-7,9,19H,8H2,1H3/t9-/m0/s1. The highest BCUT2D eigenvalue weighted by atomic mass is 19.2. The Morgan fingerprint density at radius 3 is 2.60 bits per heavy atom. The van der Waals surface area contributed by atoms with Gasteiger partial charge in [0.2, 0.25) is 0 Å². The number of benzene rings is 2. The maximum atomic E-state index is 13.5. The molecule has 1 atom stereocenters. The number of rotatable bonds is 4. The van der Waals surface area contributed by atoms with Crippen molar-refractivity contribution in [1.29, 1.82) is 0 Å². The molecule has 0 bridgehead atoms. The van der Waals surface area contributed by atoms with Gasteiger partial charge in [-0.15, -0.1) is 0 Å². The lowest BCUT2D eigenvalue weighted by molar-refractivity contribution is 0.189. The molecule has 2 aromatic carbocycles. The summed E-state index contributed by atoms with van der Waals surface area (Å²) in [5, 5.41) is 9.54. The van der Waals surface area contributed by atoms with Crippen molar-refractivity contribution in [2.45, 2.75) is 19.6 Å². The lowest BCUT2D eigenvalue weighted by Gasteiger charge is -2.14. The van der Waals surface area contributed by atoms with Crippen LogP contribution in [-0.2, 0) is 6.61 Å². The Bertz CT molecular complexity index is 612. The number of ether oxygens (including phenoxy) is 1. The fourth-order valence-corrected chi connectivity index (χ4v) is 1.79. The Balaban J connectivity index is 2.21. The average molecular weight is 282 g/mol. The lowest BCUT2D eigenvalue weighted by Crippen LogP contribution is -2.04. The van der Waals surface area contributed by atoms with Gasteiger partial charge in [-0.25, -0.2) is 13.2 Å². The molecule has 0 fully saturated rings. The van der Waals surface area contributed by atoms with Gasteiger partial charge in [0, 0.05) is 11.1 Å². The van der Waals surface area contributed by atoms with Gasteiger partial charge in [0.1, 0.15) is 18.2 Å². The Kier molecular flexibility index (Phi) is 4.29. The first-order chi connectivity index (χ1) is 9.49. The second-order valence-corrected chi connectivity index (χ2v) is 4.36. The van der Waals surface area contributed by atoms with Crippen LogP contribution in [0.2, 0.25) is 0 Å². The molecule has 20 heavy (non-hydrogen) atoms. The highest BCUT2D eigenvalue weighted by Gasteiger charge is 2.13. The van der Waals surface area contributed by atoms with Crippen molar-refractivity contribution in [2.24, 2.45) is 0 Å². The van der Waals surface area contributed by atoms with E-state index in [0.717, 1.165) is 12.1 Å². The van der Waals surface area contributed by atoms with E-state index in [0.29, 0.717) is 0 Å². The second kappa shape index (κ2) is 5.96. The molecule has 0 aliphatic carbocycles. The average Bonchev–Trinajstić information content (AvgIpc) is 2.41. The van der Waals surface area contributed by atoms with E-state index in [1.807, 2.05) is 0 Å². The van der Waals surface area contributed by atoms with E-state index in [4.69, 9.17) is 4.74 Å². The lowest BCUT2D eigenvalue weighted by atomic mass is 10.1. The molecule has 0 aliphatic heterocycles. The van der Waals surface area contributed by atoms with E-state index in [1.165, 1.54) is 31.2 Å². The summed E-state index contributed by atoms with van der Waals surface area (Å²) in [4.78, 5) is 0. The van der Waals surface area contributed by atoms with Gasteiger partial charge in [-0.05, 0) is 31.2 Å². The predicted octanol–water partition coefficient (Wildman–Crippen LogP) is 3.74. The molecule has 2 rings (SSSR count). The number of aliphatic hydroxyl groups excluding tert-OH is 1. The van der Waals surface area contributed by atoms with E-state index in [1.54, 1.807) is 0 Å². The molecular weight excluding hydrogens is 269 g/mol. The van der Waals surface area contributed by atoms with E-state index in [2.05, 4.69) is 0 Å². The third-order valence-corrected chi connectivity index (χ3v) is 2.84. The number of halogens is 3. The molecule has 0 amide bonds. The monoisotopic (exact) mass is 282 g/mol. The summed E-state index contributed by atoms with van der Waals surface area (Å²) in [5.41, 5.74) is 0.299. The highest BCUT2D eigenvalue weighted by molar-refractivity contribution is 5.35. The predicted molar refractivity (Wildman–Crippen MR) is 67.7 cm³/mol. The first kappa shape index (κ1) is 14.4. The summed E-state index contributed by atoms with van der Waals surface area (Å²) in [6.07, 6.45) is -0.932. The van der Waals surface area contributed by atoms with Gasteiger partial charge in [-0.2, -0.15) is 0 Å². The molecule has 2 nitrogen and oxygen atoms in total. The van der Waals surface area contributed by atoms with Gasteiger partial charge in [0.15, 0.2) is 11.6 Å². The van der Waals surface area contributed by atoms with E-state index < -0.39 is 23.6 Å². The van der Waals surface area contributed by atoms with Crippen molar-refractivity contribution in [1.82, 2.24) is 0 Å². The Labute approximate surface area is 114 Å². The number of aliphatic hydroxyl groups is 1. The number of hydrogen-bond donors (Lipinski definition) is 1. The molecule has 0 heterocycles. The summed E-state index contributed by atoms with van der Waals surface area (Å²) in [6, 6.07) is 7.43. The fourth-order valence-electron chi connectivity index (χ4n) is 1.79. The van der Waals surface area contributed by atoms with Crippen LogP contribution in [0, 0.1) is 17.5 Å². The fraction of sp³-hybridized carbons (Fsp3) is 0.200. The maximum Gasteiger partial charge on any atom is 0.165 e. The van der Waals surface area contributed by atoms with Gasteiger partial charge in [0.05, 0.1) is 6.10 Å². The smallest absolute Gasteiger partial charge is 0.165 e. The second-order valence-electron chi connectivity index (χ2n) is 4.36. The number of hydrogen-bond acceptors (Lipinski definition) is 2. The van der Waals surface area contributed by atoms with Crippen LogP contribution in [0.15, 0.2) is 36.4 Å². The SMILES string of the molecule is C[C@H](O)c1cc(F)ccc1OCc1cccc(F)c1F. The van der Waals surface area contributed by atoms with Crippen LogP contribution in [0.3, 0.4) is 0 Å². The summed E-state index contributed by atoms with van der Waals surface area (Å²) in [5.74, 6) is -2.22. The van der Waals surface area contributed by atoms with Gasteiger partial charge >= 0.3 is 0 Å². The minimum Gasteiger partial charge on any atom is -0.488 e. The molecule has 0 aliphatic rings. The Hall–Kier alpha value is -2.01. The first-order valence-corrected chi connectivity index (χ1v) is 6.02. The summed E-state index contributed by atoms with van der Waals surface area (Å²) in [7, 11) is 0. The summed E-state index contributed by atoms with van der Waals surface area (Å²) >= 11 is 0. The van der Waals surface area contributed by atoms with Crippen LogP contribution < -0.4 is 4.74 Å². The van der Waals surface area contributed by atoms with Gasteiger partial charge in [0.25, 0.3) is 0 Å². The summed E-state index contributed by atoms with van der Waals surface area (Å²) < 4.78 is 45.0. The Morgan fingerprint density at radius 2 is 1.90 bits per heavy atom. The van der Waals surface area contributed by atoms with E-state index in [9.17, 15) is 18.3 Å². The Morgan fingerprint density at radius 1 is 1.15 bits per heavy atom. The largest absolute Gasteiger partial charge is 0.488 e. The molecule has 5 heteroatoms. The molecular formula is C15H13F3O2. The minimum absolute atomic E-state index is 0.0471. The van der Waals surface area contributed by atoms with Crippen LogP contribution in [0.4, 0.5) is 13.2 Å². The molecule has 0 unspecified atom stereocenters. The molecule has 0 spiro atoms. The first-order valence-electron chi connectivity index (χ1n) is 6.02.